The van der Waals surface area contributed by atoms with Crippen molar-refractivity contribution in [3.05, 3.63) is 47.2 Å². The number of pyridine rings is 1. The van der Waals surface area contributed by atoms with Crippen molar-refractivity contribution >= 4 is 57.9 Å². The highest BCUT2D eigenvalue weighted by Gasteiger charge is 2.53. The first kappa shape index (κ1) is 40.7. The summed E-state index contributed by atoms with van der Waals surface area (Å²) >= 11 is 2.18. The predicted octanol–water partition coefficient (Wildman–Crippen LogP) is 3.89. The van der Waals surface area contributed by atoms with E-state index in [2.05, 4.69) is 26.8 Å². The first-order valence-electron chi connectivity index (χ1n) is 18.4. The van der Waals surface area contributed by atoms with Gasteiger partial charge in [-0.05, 0) is 13.3 Å². The maximum absolute atomic E-state index is 13.2. The maximum atomic E-state index is 13.2. The van der Waals surface area contributed by atoms with Crippen LogP contribution in [0.25, 0.3) is 0 Å². The number of ether oxygens (including phenoxy) is 1. The van der Waals surface area contributed by atoms with Crippen molar-refractivity contribution in [2.75, 3.05) is 24.7 Å². The van der Waals surface area contributed by atoms with Crippen LogP contribution >= 0.6 is 23.3 Å². The molecule has 14 nitrogen and oxygen atoms in total. The number of aliphatic carboxylic acids is 1. The van der Waals surface area contributed by atoms with Crippen LogP contribution in [0.2, 0.25) is 0 Å². The van der Waals surface area contributed by atoms with Gasteiger partial charge in [-0.1, -0.05) is 95.6 Å². The molecule has 2 aromatic heterocycles. The molecule has 2 amide bonds. The Labute approximate surface area is 313 Å². The molecular formula is C36H51N7O7S2. The average Bonchev–Trinajstić information content (AvgIpc) is 3.57. The fraction of sp³-hybridized carbons (Fsp3) is 0.611. The lowest BCUT2D eigenvalue weighted by Crippen LogP contribution is -2.71. The van der Waals surface area contributed by atoms with Crippen LogP contribution in [-0.4, -0.2) is 74.1 Å². The highest BCUT2D eigenvalue weighted by Crippen LogP contribution is 2.40. The van der Waals surface area contributed by atoms with Gasteiger partial charge in [0.15, 0.2) is 24.1 Å². The second-order valence-corrected chi connectivity index (χ2v) is 14.8. The molecule has 3 N–H and O–H groups in total. The minimum atomic E-state index is -1.50. The van der Waals surface area contributed by atoms with Crippen molar-refractivity contribution in [1.82, 2.24) is 19.6 Å². The third-order valence-electron chi connectivity index (χ3n) is 8.91. The van der Waals surface area contributed by atoms with Crippen LogP contribution in [0.5, 0.6) is 0 Å². The number of carboxylic acid groups (broad SMARTS) is 1. The molecular weight excluding hydrogens is 707 g/mol. The van der Waals surface area contributed by atoms with E-state index in [-0.39, 0.29) is 41.3 Å². The molecule has 2 aliphatic heterocycles. The van der Waals surface area contributed by atoms with E-state index in [1.165, 1.54) is 82.4 Å². The molecule has 0 aliphatic carbocycles. The SMILES string of the molecule is CCCCCCCCCCCCCCCCOC(=O)c1cc[n+](CC2=C(C(=O)[O-])N3C(=O)C(NC(=O)C(=NOCC)c4nsc(N)n4)[C@@H]3SC2)cc1. The number of carbonyl (C=O) groups excluding carboxylic acids is 4. The summed E-state index contributed by atoms with van der Waals surface area (Å²) in [5, 5.41) is 18.1. The smallest absolute Gasteiger partial charge is 0.338 e. The number of unbranched alkanes of at least 4 members (excludes halogenated alkanes) is 13. The molecule has 0 bridgehead atoms. The standard InChI is InChI=1S/C36H51N7O7S2/c1-3-5-6-7-8-9-10-11-12-13-14-15-16-17-22-49-35(48)25-18-20-42(21-19-25)23-26-24-51-33-28(32(45)43(33)29(26)34(46)47)38-31(44)27(40-50-4-2)30-39-36(37)52-41-30/h18-21,28,33H,3-17,22-24H2,1-2H3,(H3-,37,38,39,41,44,46,47)/t28?,33-/m0/s1. The van der Waals surface area contributed by atoms with Crippen molar-refractivity contribution in [1.29, 1.82) is 0 Å². The van der Waals surface area contributed by atoms with Gasteiger partial charge in [-0.3, -0.25) is 14.5 Å². The zero-order valence-electron chi connectivity index (χ0n) is 30.2. The molecule has 2 aliphatic rings. The van der Waals surface area contributed by atoms with Gasteiger partial charge in [0.05, 0.1) is 23.8 Å². The van der Waals surface area contributed by atoms with Gasteiger partial charge in [0, 0.05) is 35.0 Å². The van der Waals surface area contributed by atoms with E-state index >= 15 is 0 Å². The summed E-state index contributed by atoms with van der Waals surface area (Å²) in [5.41, 5.74) is 6.01. The minimum Gasteiger partial charge on any atom is -0.543 e. The van der Waals surface area contributed by atoms with Gasteiger partial charge < -0.3 is 30.5 Å². The molecule has 0 radical (unpaired) electrons. The quantitative estimate of drug-likeness (QED) is 0.0394. The summed E-state index contributed by atoms with van der Waals surface area (Å²) in [6.07, 6.45) is 21.0. The molecule has 1 saturated heterocycles. The van der Waals surface area contributed by atoms with Gasteiger partial charge in [-0.15, -0.1) is 11.8 Å². The molecule has 16 heteroatoms. The van der Waals surface area contributed by atoms with Gasteiger partial charge in [-0.2, -0.15) is 9.36 Å². The van der Waals surface area contributed by atoms with E-state index in [9.17, 15) is 24.3 Å². The third-order valence-corrected chi connectivity index (χ3v) is 10.8. The fourth-order valence-electron chi connectivity index (χ4n) is 6.11. The van der Waals surface area contributed by atoms with Crippen LogP contribution in [0.15, 0.2) is 41.0 Å². The van der Waals surface area contributed by atoms with Crippen molar-refractivity contribution in [3.63, 3.8) is 0 Å². The van der Waals surface area contributed by atoms with E-state index in [1.54, 1.807) is 36.0 Å². The van der Waals surface area contributed by atoms with Crippen LogP contribution < -0.4 is 20.7 Å². The summed E-state index contributed by atoms with van der Waals surface area (Å²) < 4.78 is 11.2. The van der Waals surface area contributed by atoms with Gasteiger partial charge in [0.25, 0.3) is 11.8 Å². The maximum Gasteiger partial charge on any atom is 0.338 e. The monoisotopic (exact) mass is 757 g/mol. The lowest BCUT2D eigenvalue weighted by atomic mass is 10.0. The molecule has 2 atom stereocenters. The fourth-order valence-corrected chi connectivity index (χ4v) is 7.88. The Balaban J connectivity index is 1.19. The second-order valence-electron chi connectivity index (χ2n) is 12.9. The molecule has 52 heavy (non-hydrogen) atoms. The van der Waals surface area contributed by atoms with E-state index in [0.29, 0.717) is 17.7 Å². The number of oxime groups is 1. The summed E-state index contributed by atoms with van der Waals surface area (Å²) in [4.78, 5) is 61.2. The third kappa shape index (κ3) is 11.7. The number of fused-ring (bicyclic) bond motifs is 1. The van der Waals surface area contributed by atoms with E-state index in [0.717, 1.165) is 35.7 Å². The number of hydrogen-bond acceptors (Lipinski definition) is 13. The van der Waals surface area contributed by atoms with E-state index in [4.69, 9.17) is 15.3 Å². The number of amides is 2. The van der Waals surface area contributed by atoms with Crippen molar-refractivity contribution in [3.8, 4) is 0 Å². The Morgan fingerprint density at radius 2 is 1.62 bits per heavy atom. The van der Waals surface area contributed by atoms with Crippen molar-refractivity contribution in [2.45, 2.75) is 122 Å². The lowest BCUT2D eigenvalue weighted by Gasteiger charge is -2.50. The molecule has 2 aromatic rings. The Morgan fingerprint density at radius 1 is 1.00 bits per heavy atom. The van der Waals surface area contributed by atoms with Crippen LogP contribution in [0.1, 0.15) is 120 Å². The van der Waals surface area contributed by atoms with Gasteiger partial charge in [0.2, 0.25) is 11.5 Å². The summed E-state index contributed by atoms with van der Waals surface area (Å²) in [5.74, 6) is -3.05. The molecule has 1 fully saturated rings. The average molecular weight is 758 g/mol. The number of nitrogen functional groups attached to an aromatic ring is 1. The molecule has 284 valence electrons. The summed E-state index contributed by atoms with van der Waals surface area (Å²) in [7, 11) is 0. The number of β-lactam (4-membered cyclic amide) rings is 1. The number of esters is 1. The Hall–Kier alpha value is -4.05. The molecule has 0 spiro atoms. The van der Waals surface area contributed by atoms with Crippen molar-refractivity contribution in [2.24, 2.45) is 5.16 Å². The molecule has 1 unspecified atom stereocenters. The summed E-state index contributed by atoms with van der Waals surface area (Å²) in [6, 6.07) is 2.23. The highest BCUT2D eigenvalue weighted by molar-refractivity contribution is 8.00. The van der Waals surface area contributed by atoms with Crippen LogP contribution in [0.4, 0.5) is 5.13 Å². The second kappa shape index (κ2) is 21.5. The number of aromatic nitrogens is 3. The minimum absolute atomic E-state index is 0.0488. The number of rotatable bonds is 24. The Kier molecular flexibility index (Phi) is 16.8. The van der Waals surface area contributed by atoms with Gasteiger partial charge in [0.1, 0.15) is 18.0 Å². The molecule has 0 saturated carbocycles. The van der Waals surface area contributed by atoms with E-state index < -0.39 is 35.2 Å². The lowest BCUT2D eigenvalue weighted by molar-refractivity contribution is -0.689. The normalized spacial score (nSPS) is 17.1. The van der Waals surface area contributed by atoms with Crippen LogP contribution in [-0.2, 0) is 30.5 Å². The van der Waals surface area contributed by atoms with Gasteiger partial charge in [-0.25, -0.2) is 9.36 Å². The first-order chi connectivity index (χ1) is 25.2. The molecule has 4 rings (SSSR count). The zero-order valence-corrected chi connectivity index (χ0v) is 31.8. The summed E-state index contributed by atoms with van der Waals surface area (Å²) in [6.45, 7) is 4.63. The number of nitrogens with zero attached hydrogens (tertiary/aromatic N) is 5. The number of hydrogen-bond donors (Lipinski definition) is 2. The predicted molar refractivity (Wildman–Crippen MR) is 197 cm³/mol. The number of carbonyl (C=O) groups is 4. The van der Waals surface area contributed by atoms with Crippen LogP contribution in [0, 0.1) is 0 Å². The highest BCUT2D eigenvalue weighted by atomic mass is 32.2. The van der Waals surface area contributed by atoms with Crippen LogP contribution in [0.3, 0.4) is 0 Å². The first-order valence-corrected chi connectivity index (χ1v) is 20.2. The zero-order chi connectivity index (χ0) is 37.3. The number of nitrogens with two attached hydrogens (primary N) is 1. The molecule has 0 aromatic carbocycles. The molecule has 4 heterocycles. The number of anilines is 1. The Bertz CT molecular complexity index is 1560. The number of nitrogens with one attached hydrogen (secondary N) is 1. The largest absolute Gasteiger partial charge is 0.543 e. The number of thioether (sulfide) groups is 1. The topological polar surface area (TPSA) is 193 Å². The van der Waals surface area contributed by atoms with E-state index in [1.807, 2.05) is 0 Å². The Morgan fingerprint density at radius 3 is 2.17 bits per heavy atom. The van der Waals surface area contributed by atoms with Gasteiger partial charge >= 0.3 is 5.97 Å². The number of carboxylic acids is 1. The van der Waals surface area contributed by atoms with Crippen molar-refractivity contribution < 1.29 is 38.4 Å².